The number of ketones is 2. The minimum atomic E-state index is -3.32. The zero-order valence-corrected chi connectivity index (χ0v) is 17.5. The molecule has 0 aromatic heterocycles. The fourth-order valence-corrected chi connectivity index (χ4v) is 4.15. The molecule has 30 heavy (non-hydrogen) atoms. The van der Waals surface area contributed by atoms with Gasteiger partial charge in [-0.1, -0.05) is 52.9 Å². The third kappa shape index (κ3) is 10.1. The smallest absolute Gasteiger partial charge is 0.305 e. The number of carbonyl (C=O) groups excluding carboxylic acids is 2. The second kappa shape index (κ2) is 14.6. The number of rotatable bonds is 16. The molecule has 3 atom stereocenters. The van der Waals surface area contributed by atoms with Crippen LogP contribution < -0.4 is 0 Å². The Kier molecular flexibility index (Phi) is 13.9. The second-order valence-corrected chi connectivity index (χ2v) is 8.33. The molecule has 1 fully saturated rings. The molecule has 1 aliphatic rings. The number of aliphatic carboxylic acids is 1. The van der Waals surface area contributed by atoms with E-state index in [9.17, 15) is 28.3 Å². The number of aliphatic hydroxyl groups excluding tert-OH is 1. The first-order chi connectivity index (χ1) is 13.7. The second-order valence-electron chi connectivity index (χ2n) is 8.33. The highest BCUT2D eigenvalue weighted by Crippen LogP contribution is 2.37. The summed E-state index contributed by atoms with van der Waals surface area (Å²) in [5.74, 6) is -5.99. The number of aliphatic hydroxyl groups is 1. The number of carboxylic acids is 1. The van der Waals surface area contributed by atoms with Crippen molar-refractivity contribution in [3.05, 3.63) is 0 Å². The van der Waals surface area contributed by atoms with Crippen LogP contribution in [0.2, 0.25) is 0 Å². The molecular weight excluding hydrogens is 394 g/mol. The van der Waals surface area contributed by atoms with Crippen LogP contribution in [0.4, 0.5) is 8.78 Å². The summed E-state index contributed by atoms with van der Waals surface area (Å²) in [6.45, 7) is 1.79. The van der Waals surface area contributed by atoms with Gasteiger partial charge in [-0.3, -0.25) is 14.4 Å². The normalized spacial score (nSPS) is 21.5. The van der Waals surface area contributed by atoms with Crippen LogP contribution in [-0.2, 0) is 14.4 Å². The predicted octanol–water partition coefficient (Wildman–Crippen LogP) is 5.57. The van der Waals surface area contributed by atoms with Crippen LogP contribution in [0, 0.1) is 11.8 Å². The Bertz CT molecular complexity index is 536. The summed E-state index contributed by atoms with van der Waals surface area (Å²) >= 11 is 0. The first-order valence-electron chi connectivity index (χ1n) is 11.0. The summed E-state index contributed by atoms with van der Waals surface area (Å²) in [5.41, 5.74) is 0. The standard InChI is InChI=1S/C22H36F2O5.CH4/c1-2-3-14-22(23,24)20(27)13-12-17-16(18(25)15-19(17)26)10-8-6-4-5-7-9-11-21(28)29;/h16-17,19,26H,2-15H2,1H3,(H,28,29);1H4/t16-,17-,19-;/m1./s1. The fraction of sp³-hybridized carbons (Fsp3) is 0.870. The molecule has 0 aromatic carbocycles. The average Bonchev–Trinajstić information content (AvgIpc) is 2.92. The maximum Gasteiger partial charge on any atom is 0.305 e. The maximum atomic E-state index is 13.9. The highest BCUT2D eigenvalue weighted by Gasteiger charge is 2.43. The molecule has 0 saturated heterocycles. The van der Waals surface area contributed by atoms with E-state index in [1.165, 1.54) is 0 Å². The molecule has 1 rings (SSSR count). The van der Waals surface area contributed by atoms with Crippen molar-refractivity contribution in [2.24, 2.45) is 11.8 Å². The number of unbranched alkanes of at least 4 members (excludes halogenated alkanes) is 6. The van der Waals surface area contributed by atoms with Crippen molar-refractivity contribution in [1.82, 2.24) is 0 Å². The van der Waals surface area contributed by atoms with E-state index >= 15 is 0 Å². The maximum absolute atomic E-state index is 13.9. The van der Waals surface area contributed by atoms with Gasteiger partial charge in [0.1, 0.15) is 5.78 Å². The average molecular weight is 435 g/mol. The highest BCUT2D eigenvalue weighted by atomic mass is 19.3. The molecule has 0 bridgehead atoms. The van der Waals surface area contributed by atoms with Gasteiger partial charge in [0.05, 0.1) is 6.10 Å². The molecule has 176 valence electrons. The lowest BCUT2D eigenvalue weighted by molar-refractivity contribution is -0.144. The van der Waals surface area contributed by atoms with Crippen LogP contribution in [-0.4, -0.2) is 39.8 Å². The fourth-order valence-electron chi connectivity index (χ4n) is 4.15. The van der Waals surface area contributed by atoms with E-state index in [4.69, 9.17) is 5.11 Å². The predicted molar refractivity (Wildman–Crippen MR) is 113 cm³/mol. The van der Waals surface area contributed by atoms with Crippen LogP contribution >= 0.6 is 0 Å². The molecule has 0 aromatic rings. The molecule has 1 saturated carbocycles. The molecule has 0 amide bonds. The molecule has 0 spiro atoms. The van der Waals surface area contributed by atoms with Gasteiger partial charge in [-0.15, -0.1) is 0 Å². The van der Waals surface area contributed by atoms with Gasteiger partial charge in [-0.25, -0.2) is 0 Å². The van der Waals surface area contributed by atoms with E-state index in [2.05, 4.69) is 0 Å². The Balaban J connectivity index is 0.00000841. The van der Waals surface area contributed by atoms with Gasteiger partial charge in [0.15, 0.2) is 0 Å². The zero-order chi connectivity index (χ0) is 21.9. The summed E-state index contributed by atoms with van der Waals surface area (Å²) in [6.07, 6.45) is 5.42. The van der Waals surface area contributed by atoms with Crippen molar-refractivity contribution in [3.63, 3.8) is 0 Å². The number of halogens is 2. The Labute approximate surface area is 179 Å². The van der Waals surface area contributed by atoms with E-state index < -0.39 is 36.1 Å². The van der Waals surface area contributed by atoms with Crippen LogP contribution in [0.15, 0.2) is 0 Å². The van der Waals surface area contributed by atoms with Crippen LogP contribution in [0.25, 0.3) is 0 Å². The lowest BCUT2D eigenvalue weighted by Crippen LogP contribution is -2.30. The van der Waals surface area contributed by atoms with Gasteiger partial charge in [0.2, 0.25) is 5.78 Å². The Hall–Kier alpha value is -1.37. The third-order valence-electron chi connectivity index (χ3n) is 5.95. The Morgan fingerprint density at radius 3 is 2.20 bits per heavy atom. The van der Waals surface area contributed by atoms with E-state index in [1.54, 1.807) is 6.92 Å². The van der Waals surface area contributed by atoms with E-state index in [1.807, 2.05) is 0 Å². The molecule has 0 unspecified atom stereocenters. The van der Waals surface area contributed by atoms with Gasteiger partial charge in [0, 0.05) is 31.6 Å². The molecule has 0 aliphatic heterocycles. The Morgan fingerprint density at radius 1 is 1.00 bits per heavy atom. The minimum Gasteiger partial charge on any atom is -0.481 e. The number of Topliss-reactive ketones (excluding diaryl/α,β-unsaturated/α-hetero) is 2. The summed E-state index contributed by atoms with van der Waals surface area (Å²) in [7, 11) is 0. The molecular formula is C23H40F2O5. The number of hydrogen-bond acceptors (Lipinski definition) is 4. The van der Waals surface area contributed by atoms with Gasteiger partial charge < -0.3 is 10.2 Å². The summed E-state index contributed by atoms with van der Waals surface area (Å²) in [6, 6.07) is 0. The Morgan fingerprint density at radius 2 is 1.60 bits per heavy atom. The number of hydrogen-bond donors (Lipinski definition) is 2. The highest BCUT2D eigenvalue weighted by molar-refractivity contribution is 5.86. The third-order valence-corrected chi connectivity index (χ3v) is 5.95. The number of alkyl halides is 2. The SMILES string of the molecule is C.CCCCC(F)(F)C(=O)CC[C@H]1[C@H](O)CC(=O)[C@@H]1CCCCCCCCC(=O)O. The van der Waals surface area contributed by atoms with Crippen LogP contribution in [0.5, 0.6) is 0 Å². The first-order valence-corrected chi connectivity index (χ1v) is 11.0. The lowest BCUT2D eigenvalue weighted by Gasteiger charge is -2.22. The first kappa shape index (κ1) is 28.6. The minimum absolute atomic E-state index is 0. The zero-order valence-electron chi connectivity index (χ0n) is 17.5. The van der Waals surface area contributed by atoms with Crippen LogP contribution in [0.1, 0.15) is 104 Å². The van der Waals surface area contributed by atoms with Gasteiger partial charge >= 0.3 is 11.9 Å². The van der Waals surface area contributed by atoms with Crippen molar-refractivity contribution >= 4 is 17.5 Å². The van der Waals surface area contributed by atoms with E-state index in [-0.39, 0.29) is 44.8 Å². The molecule has 2 N–H and O–H groups in total. The van der Waals surface area contributed by atoms with Gasteiger partial charge in [-0.2, -0.15) is 8.78 Å². The quantitative estimate of drug-likeness (QED) is 0.310. The molecule has 1 aliphatic carbocycles. The number of carboxylic acid groups (broad SMARTS) is 1. The van der Waals surface area contributed by atoms with Crippen molar-refractivity contribution in [2.45, 2.75) is 116 Å². The van der Waals surface area contributed by atoms with Crippen LogP contribution in [0.3, 0.4) is 0 Å². The monoisotopic (exact) mass is 434 g/mol. The molecule has 5 nitrogen and oxygen atoms in total. The lowest BCUT2D eigenvalue weighted by atomic mass is 9.85. The molecule has 0 radical (unpaired) electrons. The molecule has 0 heterocycles. The number of carbonyl (C=O) groups is 3. The summed E-state index contributed by atoms with van der Waals surface area (Å²) < 4.78 is 27.7. The van der Waals surface area contributed by atoms with Gasteiger partial charge in [0.25, 0.3) is 0 Å². The summed E-state index contributed by atoms with van der Waals surface area (Å²) in [4.78, 5) is 34.5. The van der Waals surface area contributed by atoms with E-state index in [0.29, 0.717) is 25.7 Å². The van der Waals surface area contributed by atoms with Gasteiger partial charge in [-0.05, 0) is 31.6 Å². The van der Waals surface area contributed by atoms with E-state index in [0.717, 1.165) is 32.1 Å². The van der Waals surface area contributed by atoms with Crippen molar-refractivity contribution in [3.8, 4) is 0 Å². The largest absolute Gasteiger partial charge is 0.481 e. The summed E-state index contributed by atoms with van der Waals surface area (Å²) in [5, 5.41) is 18.8. The van der Waals surface area contributed by atoms with Crippen molar-refractivity contribution < 1.29 is 33.4 Å². The van der Waals surface area contributed by atoms with Crippen molar-refractivity contribution in [1.29, 1.82) is 0 Å². The topological polar surface area (TPSA) is 91.7 Å². The molecule has 7 heteroatoms. The van der Waals surface area contributed by atoms with Crippen molar-refractivity contribution in [2.75, 3.05) is 0 Å².